The van der Waals surface area contributed by atoms with Gasteiger partial charge in [0.2, 0.25) is 0 Å². The van der Waals surface area contributed by atoms with Gasteiger partial charge in [-0.25, -0.2) is 0 Å². The van der Waals surface area contributed by atoms with Crippen molar-refractivity contribution in [3.63, 3.8) is 0 Å². The molecule has 0 aliphatic carbocycles. The number of benzene rings is 1. The van der Waals surface area contributed by atoms with Gasteiger partial charge in [0.1, 0.15) is 0 Å². The summed E-state index contributed by atoms with van der Waals surface area (Å²) in [6, 6.07) is 6.09. The fourth-order valence-corrected chi connectivity index (χ4v) is 3.60. The molecule has 1 aliphatic rings. The number of nitrogens with zero attached hydrogens (tertiary/aromatic N) is 2. The molecule has 0 saturated carbocycles. The van der Waals surface area contributed by atoms with Gasteiger partial charge >= 0.3 is 0 Å². The van der Waals surface area contributed by atoms with Crippen LogP contribution >= 0.6 is 24.0 Å². The second kappa shape index (κ2) is 14.0. The zero-order valence-corrected chi connectivity index (χ0v) is 22.2. The van der Waals surface area contributed by atoms with Gasteiger partial charge < -0.3 is 29.2 Å². The van der Waals surface area contributed by atoms with Gasteiger partial charge in [-0.15, -0.1) is 24.0 Å². The molecule has 1 fully saturated rings. The molecule has 1 aliphatic heterocycles. The Morgan fingerprint density at radius 2 is 1.90 bits per heavy atom. The van der Waals surface area contributed by atoms with E-state index >= 15 is 0 Å². The number of likely N-dealkylation sites (tertiary alicyclic amines) is 1. The Labute approximate surface area is 204 Å². The number of aliphatic imine (C=N–C) groups is 1. The summed E-state index contributed by atoms with van der Waals surface area (Å²) in [7, 11) is 5.02. The normalized spacial score (nSPS) is 16.8. The van der Waals surface area contributed by atoms with Crippen LogP contribution in [0, 0.1) is 5.92 Å². The van der Waals surface area contributed by atoms with E-state index in [-0.39, 0.29) is 29.4 Å². The van der Waals surface area contributed by atoms with Crippen LogP contribution in [0.3, 0.4) is 0 Å². The van der Waals surface area contributed by atoms with Gasteiger partial charge in [-0.3, -0.25) is 4.99 Å². The molecule has 1 unspecified atom stereocenters. The molecule has 31 heavy (non-hydrogen) atoms. The monoisotopic (exact) mass is 549 g/mol. The zero-order chi connectivity index (χ0) is 22.0. The molecule has 178 valence electrons. The molecule has 2 rings (SSSR count). The van der Waals surface area contributed by atoms with Crippen LogP contribution in [0.2, 0.25) is 0 Å². The Hall–Kier alpha value is -1.26. The highest BCUT2D eigenvalue weighted by molar-refractivity contribution is 14.0. The highest BCUT2D eigenvalue weighted by Gasteiger charge is 2.27. The van der Waals surface area contributed by atoms with Gasteiger partial charge in [-0.2, -0.15) is 0 Å². The molecule has 0 aromatic heterocycles. The molecule has 1 N–H and O–H groups in total. The number of hydrogen-bond acceptors (Lipinski definition) is 5. The molecule has 1 aromatic carbocycles. The predicted octanol–water partition coefficient (Wildman–Crippen LogP) is 3.55. The molecule has 1 atom stereocenters. The third-order valence-electron chi connectivity index (χ3n) is 5.49. The number of hydrogen-bond donors (Lipinski definition) is 1. The lowest BCUT2D eigenvalue weighted by Crippen LogP contribution is -2.41. The van der Waals surface area contributed by atoms with Crippen molar-refractivity contribution in [1.29, 1.82) is 0 Å². The van der Waals surface area contributed by atoms with Gasteiger partial charge in [0, 0.05) is 38.1 Å². The average Bonchev–Trinajstić information content (AvgIpc) is 3.22. The summed E-state index contributed by atoms with van der Waals surface area (Å²) in [6.07, 6.45) is 1.12. The van der Waals surface area contributed by atoms with Gasteiger partial charge in [0.05, 0.1) is 40.6 Å². The molecule has 0 amide bonds. The van der Waals surface area contributed by atoms with Crippen molar-refractivity contribution in [3.8, 4) is 11.5 Å². The van der Waals surface area contributed by atoms with Crippen molar-refractivity contribution in [2.24, 2.45) is 10.9 Å². The van der Waals surface area contributed by atoms with Crippen molar-refractivity contribution in [2.75, 3.05) is 67.3 Å². The summed E-state index contributed by atoms with van der Waals surface area (Å²) in [5.74, 6) is 2.99. The van der Waals surface area contributed by atoms with Crippen molar-refractivity contribution >= 4 is 29.9 Å². The van der Waals surface area contributed by atoms with E-state index in [1.54, 1.807) is 21.3 Å². The maximum atomic E-state index is 5.72. The van der Waals surface area contributed by atoms with Crippen LogP contribution in [0.1, 0.15) is 32.8 Å². The zero-order valence-electron chi connectivity index (χ0n) is 19.9. The fraction of sp³-hybridized carbons (Fsp3) is 0.696. The van der Waals surface area contributed by atoms with Crippen LogP contribution in [0.4, 0.5) is 0 Å². The molecule has 8 heteroatoms. The highest BCUT2D eigenvalue weighted by Crippen LogP contribution is 2.33. The average molecular weight is 549 g/mol. The minimum Gasteiger partial charge on any atom is -0.493 e. The first kappa shape index (κ1) is 27.8. The number of ether oxygens (including phenoxy) is 4. The maximum absolute atomic E-state index is 5.72. The molecule has 0 bridgehead atoms. The van der Waals surface area contributed by atoms with Gasteiger partial charge in [-0.1, -0.05) is 19.9 Å². The van der Waals surface area contributed by atoms with Gasteiger partial charge in [-0.05, 0) is 31.0 Å². The van der Waals surface area contributed by atoms with E-state index in [0.29, 0.717) is 25.7 Å². The Morgan fingerprint density at radius 1 is 1.16 bits per heavy atom. The van der Waals surface area contributed by atoms with Crippen LogP contribution in [-0.2, 0) is 14.9 Å². The van der Waals surface area contributed by atoms with Crippen LogP contribution < -0.4 is 14.8 Å². The lowest BCUT2D eigenvalue weighted by molar-refractivity contribution is 0.0536. The molecular formula is C23H40IN3O4. The van der Waals surface area contributed by atoms with Gasteiger partial charge in [0.25, 0.3) is 0 Å². The number of methoxy groups -OCH3 is 3. The second-order valence-corrected chi connectivity index (χ2v) is 8.29. The van der Waals surface area contributed by atoms with E-state index in [0.717, 1.165) is 50.1 Å². The molecule has 1 heterocycles. The summed E-state index contributed by atoms with van der Waals surface area (Å²) >= 11 is 0. The van der Waals surface area contributed by atoms with E-state index in [1.807, 2.05) is 12.1 Å². The molecule has 1 saturated heterocycles. The number of rotatable bonds is 11. The molecule has 0 spiro atoms. The summed E-state index contributed by atoms with van der Waals surface area (Å²) < 4.78 is 21.6. The van der Waals surface area contributed by atoms with E-state index in [9.17, 15) is 0 Å². The first-order chi connectivity index (χ1) is 14.4. The van der Waals surface area contributed by atoms with Crippen LogP contribution in [0.5, 0.6) is 11.5 Å². The Morgan fingerprint density at radius 3 is 2.55 bits per heavy atom. The Balaban J connectivity index is 0.00000480. The second-order valence-electron chi connectivity index (χ2n) is 8.29. The minimum atomic E-state index is -0.136. The summed E-state index contributed by atoms with van der Waals surface area (Å²) in [6.45, 7) is 12.1. The summed E-state index contributed by atoms with van der Waals surface area (Å²) in [4.78, 5) is 7.33. The quantitative estimate of drug-likeness (QED) is 0.197. The summed E-state index contributed by atoms with van der Waals surface area (Å²) in [5.41, 5.74) is 1.04. The lowest BCUT2D eigenvalue weighted by atomic mass is 9.84. The van der Waals surface area contributed by atoms with Crippen molar-refractivity contribution in [1.82, 2.24) is 10.2 Å². The third kappa shape index (κ3) is 8.31. The first-order valence-corrected chi connectivity index (χ1v) is 10.8. The number of guanidine groups is 1. The molecule has 1 aromatic rings. The highest BCUT2D eigenvalue weighted by atomic mass is 127. The van der Waals surface area contributed by atoms with Crippen molar-refractivity contribution in [2.45, 2.75) is 32.6 Å². The van der Waals surface area contributed by atoms with Gasteiger partial charge in [0.15, 0.2) is 17.5 Å². The van der Waals surface area contributed by atoms with Crippen LogP contribution in [0.15, 0.2) is 23.2 Å². The molecule has 0 radical (unpaired) electrons. The first-order valence-electron chi connectivity index (χ1n) is 10.8. The lowest BCUT2D eigenvalue weighted by Gasteiger charge is -2.27. The topological polar surface area (TPSA) is 64.6 Å². The number of nitrogens with one attached hydrogen (secondary N) is 1. The van der Waals surface area contributed by atoms with E-state index in [1.165, 1.54) is 5.56 Å². The largest absolute Gasteiger partial charge is 0.493 e. The Kier molecular flexibility index (Phi) is 12.5. The predicted molar refractivity (Wildman–Crippen MR) is 136 cm³/mol. The van der Waals surface area contributed by atoms with E-state index in [4.69, 9.17) is 23.9 Å². The molecule has 7 nitrogen and oxygen atoms in total. The van der Waals surface area contributed by atoms with Crippen molar-refractivity contribution in [3.05, 3.63) is 23.8 Å². The van der Waals surface area contributed by atoms with Crippen molar-refractivity contribution < 1.29 is 18.9 Å². The smallest absolute Gasteiger partial charge is 0.193 e. The number of halogens is 1. The standard InChI is InChI=1S/C23H39N3O4.HI/c1-7-24-22(26-11-10-18(15-26)16-30-13-12-27-4)25-17-23(2,3)19-8-9-20(28-5)21(14-19)29-6;/h8-9,14,18H,7,10-13,15-17H2,1-6H3,(H,24,25);1H. The maximum Gasteiger partial charge on any atom is 0.193 e. The third-order valence-corrected chi connectivity index (χ3v) is 5.49. The fourth-order valence-electron chi connectivity index (χ4n) is 3.60. The van der Waals surface area contributed by atoms with E-state index in [2.05, 4.69) is 37.1 Å². The Bertz CT molecular complexity index is 685. The molecular weight excluding hydrogens is 509 g/mol. The summed E-state index contributed by atoms with van der Waals surface area (Å²) in [5, 5.41) is 3.46. The van der Waals surface area contributed by atoms with Crippen LogP contribution in [0.25, 0.3) is 0 Å². The van der Waals surface area contributed by atoms with Crippen LogP contribution in [-0.4, -0.2) is 78.2 Å². The van der Waals surface area contributed by atoms with E-state index < -0.39 is 0 Å². The minimum absolute atomic E-state index is 0. The SMILES string of the molecule is CCNC(=NCC(C)(C)c1ccc(OC)c(OC)c1)N1CCC(COCCOC)C1.I.